The summed E-state index contributed by atoms with van der Waals surface area (Å²) in [7, 11) is -1.90. The molecule has 0 fully saturated rings. The number of amides is 1. The second-order valence-corrected chi connectivity index (χ2v) is 14.9. The Labute approximate surface area is 186 Å². The van der Waals surface area contributed by atoms with Crippen molar-refractivity contribution < 1.29 is 4.79 Å². The van der Waals surface area contributed by atoms with Gasteiger partial charge in [-0.05, 0) is 53.2 Å². The van der Waals surface area contributed by atoms with E-state index in [0.717, 1.165) is 16.8 Å². The van der Waals surface area contributed by atoms with Gasteiger partial charge in [-0.2, -0.15) is 0 Å². The van der Waals surface area contributed by atoms with E-state index in [4.69, 9.17) is 11.6 Å². The quantitative estimate of drug-likeness (QED) is 0.274. The lowest BCUT2D eigenvalue weighted by Crippen LogP contribution is -2.51. The van der Waals surface area contributed by atoms with Crippen LogP contribution in [0.5, 0.6) is 0 Å². The molecule has 3 rings (SSSR count). The average molecular weight is 441 g/mol. The van der Waals surface area contributed by atoms with Gasteiger partial charge in [0.1, 0.15) is 5.88 Å². The number of hydrogen-bond acceptors (Lipinski definition) is 1. The molecule has 0 N–H and O–H groups in total. The molecule has 1 amide bonds. The van der Waals surface area contributed by atoms with Gasteiger partial charge in [0.05, 0.1) is 5.69 Å². The van der Waals surface area contributed by atoms with Gasteiger partial charge in [-0.1, -0.05) is 65.8 Å². The number of carbonyl (C=O) groups excluding carboxylic acids is 1. The number of rotatable bonds is 7. The maximum Gasteiger partial charge on any atom is 0.246 e. The first-order valence-electron chi connectivity index (χ1n) is 10.8. The van der Waals surface area contributed by atoms with E-state index in [1.165, 1.54) is 5.52 Å². The Morgan fingerprint density at radius 2 is 1.50 bits per heavy atom. The van der Waals surface area contributed by atoms with Crippen LogP contribution < -0.4 is 4.90 Å². The summed E-state index contributed by atoms with van der Waals surface area (Å²) < 4.78 is 2.58. The molecule has 5 heteroatoms. The van der Waals surface area contributed by atoms with E-state index in [0.29, 0.717) is 16.6 Å². The predicted molar refractivity (Wildman–Crippen MR) is 133 cm³/mol. The molecule has 0 aliphatic heterocycles. The van der Waals surface area contributed by atoms with Crippen LogP contribution in [0, 0.1) is 0 Å². The molecular weight excluding hydrogens is 408 g/mol. The zero-order chi connectivity index (χ0) is 22.1. The molecule has 1 heterocycles. The Morgan fingerprint density at radius 1 is 0.900 bits per heavy atom. The van der Waals surface area contributed by atoms with Gasteiger partial charge in [-0.3, -0.25) is 9.69 Å². The molecule has 0 aliphatic carbocycles. The lowest BCUT2D eigenvalue weighted by Gasteiger charge is -2.44. The van der Waals surface area contributed by atoms with Crippen LogP contribution in [0.1, 0.15) is 41.5 Å². The highest BCUT2D eigenvalue weighted by molar-refractivity contribution is 6.82. The first kappa shape index (κ1) is 22.6. The monoisotopic (exact) mass is 440 g/mol. The maximum absolute atomic E-state index is 12.9. The summed E-state index contributed by atoms with van der Waals surface area (Å²) in [6.45, 7) is 14.2. The summed E-state index contributed by atoms with van der Waals surface area (Å²) in [6.07, 6.45) is 2.26. The maximum atomic E-state index is 12.9. The highest BCUT2D eigenvalue weighted by Gasteiger charge is 2.45. The van der Waals surface area contributed by atoms with E-state index in [1.54, 1.807) is 4.90 Å². The van der Waals surface area contributed by atoms with Gasteiger partial charge in [0, 0.05) is 16.6 Å². The van der Waals surface area contributed by atoms with Gasteiger partial charge >= 0.3 is 0 Å². The minimum absolute atomic E-state index is 0.0609. The second-order valence-electron chi connectivity index (χ2n) is 8.95. The van der Waals surface area contributed by atoms with Crippen molar-refractivity contribution in [3.8, 4) is 0 Å². The highest BCUT2D eigenvalue weighted by Crippen LogP contribution is 2.45. The molecule has 0 aliphatic rings. The molecule has 160 valence electrons. The number of fused-ring (bicyclic) bond motifs is 1. The van der Waals surface area contributed by atoms with Crippen LogP contribution >= 0.6 is 11.6 Å². The number of aromatic nitrogens is 1. The Balaban J connectivity index is 2.29. The van der Waals surface area contributed by atoms with Crippen LogP contribution in [0.4, 0.5) is 11.4 Å². The van der Waals surface area contributed by atoms with Gasteiger partial charge in [-0.15, -0.1) is 11.6 Å². The van der Waals surface area contributed by atoms with Crippen molar-refractivity contribution in [3.63, 3.8) is 0 Å². The van der Waals surface area contributed by atoms with Crippen LogP contribution in [0.3, 0.4) is 0 Å². The van der Waals surface area contributed by atoms with Crippen molar-refractivity contribution in [1.82, 2.24) is 4.23 Å². The zero-order valence-corrected chi connectivity index (χ0v) is 20.6. The number of anilines is 2. The molecule has 0 radical (unpaired) electrons. The van der Waals surface area contributed by atoms with E-state index in [9.17, 15) is 4.79 Å². The van der Waals surface area contributed by atoms with Gasteiger partial charge in [0.15, 0.2) is 8.24 Å². The van der Waals surface area contributed by atoms with Gasteiger partial charge < -0.3 is 4.23 Å². The summed E-state index contributed by atoms with van der Waals surface area (Å²) in [6, 6.07) is 18.2. The smallest absolute Gasteiger partial charge is 0.246 e. The van der Waals surface area contributed by atoms with Crippen LogP contribution in [0.2, 0.25) is 16.6 Å². The summed E-state index contributed by atoms with van der Waals surface area (Å²) >= 11 is 6.01. The molecule has 2 aromatic carbocycles. The van der Waals surface area contributed by atoms with Gasteiger partial charge in [-0.25, -0.2) is 0 Å². The van der Waals surface area contributed by atoms with E-state index in [2.05, 4.69) is 70.2 Å². The number of para-hydroxylation sites is 1. The first-order valence-corrected chi connectivity index (χ1v) is 13.5. The van der Waals surface area contributed by atoms with Crippen LogP contribution in [0.15, 0.2) is 60.8 Å². The van der Waals surface area contributed by atoms with Crippen molar-refractivity contribution >= 4 is 48.0 Å². The van der Waals surface area contributed by atoms with Crippen molar-refractivity contribution in [3.05, 3.63) is 60.8 Å². The second kappa shape index (κ2) is 8.99. The topological polar surface area (TPSA) is 25.2 Å². The molecule has 1 aromatic heterocycles. The number of alkyl halides is 1. The summed E-state index contributed by atoms with van der Waals surface area (Å²) in [5.74, 6) is -0.183. The zero-order valence-electron chi connectivity index (χ0n) is 18.9. The fourth-order valence-electron chi connectivity index (χ4n) is 5.57. The fraction of sp³-hybridized carbons (Fsp3) is 0.400. The van der Waals surface area contributed by atoms with Crippen molar-refractivity contribution in [2.45, 2.75) is 58.2 Å². The molecule has 0 bridgehead atoms. The predicted octanol–water partition coefficient (Wildman–Crippen LogP) is 7.57. The molecular formula is C25H33ClN2OSi. The third-order valence-electron chi connectivity index (χ3n) is 6.52. The molecule has 3 aromatic rings. The number of halogens is 1. The van der Waals surface area contributed by atoms with Crippen molar-refractivity contribution in [2.24, 2.45) is 0 Å². The number of hydrogen-bond donors (Lipinski definition) is 0. The lowest BCUT2D eigenvalue weighted by molar-refractivity contribution is -0.115. The first-order chi connectivity index (χ1) is 14.3. The molecule has 0 saturated carbocycles. The van der Waals surface area contributed by atoms with E-state index in [1.807, 2.05) is 36.4 Å². The van der Waals surface area contributed by atoms with Crippen LogP contribution in [-0.2, 0) is 4.79 Å². The molecule has 0 unspecified atom stereocenters. The summed E-state index contributed by atoms with van der Waals surface area (Å²) in [4.78, 5) is 14.6. The fourth-order valence-corrected chi connectivity index (χ4v) is 12.3. The number of carbonyl (C=O) groups is 1. The van der Waals surface area contributed by atoms with E-state index < -0.39 is 8.24 Å². The molecule has 0 saturated heterocycles. The Bertz CT molecular complexity index is 989. The summed E-state index contributed by atoms with van der Waals surface area (Å²) in [5, 5.41) is 1.10. The van der Waals surface area contributed by atoms with Gasteiger partial charge in [0.25, 0.3) is 0 Å². The Hall–Kier alpha value is -2.04. The molecule has 30 heavy (non-hydrogen) atoms. The minimum Gasteiger partial charge on any atom is -0.373 e. The SMILES string of the molecule is CC(C)[Si](C(C)C)(C(C)C)n1ccc2c(N(C(=O)CCl)c3ccccc3)cccc21. The normalized spacial score (nSPS) is 12.3. The molecule has 0 spiro atoms. The largest absolute Gasteiger partial charge is 0.373 e. The molecule has 3 nitrogen and oxygen atoms in total. The standard InChI is InChI=1S/C25H33ClN2OSi/c1-18(2)30(19(3)4,20(5)6)27-16-15-22-23(27)13-10-14-24(22)28(25(29)17-26)21-11-8-7-9-12-21/h7-16,18-20H,17H2,1-6H3. The van der Waals surface area contributed by atoms with E-state index in [-0.39, 0.29) is 11.8 Å². The van der Waals surface area contributed by atoms with Gasteiger partial charge in [0.2, 0.25) is 5.91 Å². The molecule has 0 atom stereocenters. The third-order valence-corrected chi connectivity index (χ3v) is 13.5. The Kier molecular flexibility index (Phi) is 6.78. The minimum atomic E-state index is -1.90. The third kappa shape index (κ3) is 3.61. The van der Waals surface area contributed by atoms with Crippen molar-refractivity contribution in [1.29, 1.82) is 0 Å². The van der Waals surface area contributed by atoms with Crippen molar-refractivity contribution in [2.75, 3.05) is 10.8 Å². The number of nitrogens with zero attached hydrogens (tertiary/aromatic N) is 2. The van der Waals surface area contributed by atoms with Crippen LogP contribution in [-0.4, -0.2) is 24.3 Å². The number of benzene rings is 2. The summed E-state index contributed by atoms with van der Waals surface area (Å²) in [5.41, 5.74) is 4.70. The average Bonchev–Trinajstić information content (AvgIpc) is 3.13. The Morgan fingerprint density at radius 3 is 2.03 bits per heavy atom. The highest BCUT2D eigenvalue weighted by atomic mass is 35.5. The van der Waals surface area contributed by atoms with E-state index >= 15 is 0 Å². The van der Waals surface area contributed by atoms with Crippen LogP contribution in [0.25, 0.3) is 10.9 Å². The lowest BCUT2D eigenvalue weighted by atomic mass is 10.1.